The molecule has 96 valence electrons. The Morgan fingerprint density at radius 3 is 2.00 bits per heavy atom. The van der Waals surface area contributed by atoms with E-state index in [0.29, 0.717) is 0 Å². The first kappa shape index (κ1) is 14.0. The van der Waals surface area contributed by atoms with Crippen molar-refractivity contribution in [1.29, 1.82) is 0 Å². The van der Waals surface area contributed by atoms with Crippen molar-refractivity contribution < 1.29 is 14.7 Å². The molecule has 4 heteroatoms. The Morgan fingerprint density at radius 1 is 1.06 bits per heavy atom. The minimum absolute atomic E-state index is 0.0544. The van der Waals surface area contributed by atoms with Gasteiger partial charge in [-0.1, -0.05) is 18.2 Å². The molecular weight excluding hydrogens is 230 g/mol. The van der Waals surface area contributed by atoms with E-state index in [1.165, 1.54) is 13.8 Å². The highest BCUT2D eigenvalue weighted by Gasteiger charge is 2.14. The Kier molecular flexibility index (Phi) is 4.26. The molecule has 0 fully saturated rings. The molecule has 2 N–H and O–H groups in total. The third kappa shape index (κ3) is 2.97. The average Bonchev–Trinajstić information content (AvgIpc) is 2.31. The molecule has 4 nitrogen and oxygen atoms in total. The molecule has 1 aromatic rings. The quantitative estimate of drug-likeness (QED) is 0.807. The van der Waals surface area contributed by atoms with Crippen molar-refractivity contribution in [2.45, 2.75) is 27.7 Å². The smallest absolute Gasteiger partial charge is 0.331 e. The minimum Gasteiger partial charge on any atom is -0.478 e. The van der Waals surface area contributed by atoms with Gasteiger partial charge in [-0.3, -0.25) is 4.79 Å². The molecule has 1 aromatic carbocycles. The van der Waals surface area contributed by atoms with Crippen LogP contribution in [-0.2, 0) is 9.59 Å². The molecule has 1 rings (SSSR count). The minimum atomic E-state index is -1.08. The Bertz CT molecular complexity index is 510. The van der Waals surface area contributed by atoms with E-state index >= 15 is 0 Å². The summed E-state index contributed by atoms with van der Waals surface area (Å²) in [5.41, 5.74) is 2.90. The summed E-state index contributed by atoms with van der Waals surface area (Å²) in [5.74, 6) is -1.46. The predicted molar refractivity (Wildman–Crippen MR) is 70.6 cm³/mol. The number of hydrogen-bond acceptors (Lipinski definition) is 2. The first-order valence-electron chi connectivity index (χ1n) is 5.63. The molecule has 0 aliphatic carbocycles. The van der Waals surface area contributed by atoms with Crippen LogP contribution in [0.25, 0.3) is 0 Å². The molecule has 0 unspecified atom stereocenters. The molecule has 0 aliphatic heterocycles. The fourth-order valence-electron chi connectivity index (χ4n) is 1.55. The third-order valence-corrected chi connectivity index (χ3v) is 2.94. The van der Waals surface area contributed by atoms with Gasteiger partial charge in [0.2, 0.25) is 0 Å². The largest absolute Gasteiger partial charge is 0.478 e. The molecular formula is C14H17NO3. The number of nitrogens with one attached hydrogen (secondary N) is 1. The second kappa shape index (κ2) is 5.49. The highest BCUT2D eigenvalue weighted by Crippen LogP contribution is 2.20. The molecule has 0 spiro atoms. The molecule has 0 saturated heterocycles. The van der Waals surface area contributed by atoms with Crippen molar-refractivity contribution in [3.8, 4) is 0 Å². The van der Waals surface area contributed by atoms with E-state index in [1.807, 2.05) is 32.0 Å². The number of rotatable bonds is 3. The van der Waals surface area contributed by atoms with Crippen LogP contribution >= 0.6 is 0 Å². The van der Waals surface area contributed by atoms with Crippen LogP contribution in [0.4, 0.5) is 5.69 Å². The molecule has 18 heavy (non-hydrogen) atoms. The van der Waals surface area contributed by atoms with E-state index in [9.17, 15) is 9.59 Å². The number of carbonyl (C=O) groups is 2. The Hall–Kier alpha value is -2.10. The molecule has 0 atom stereocenters. The zero-order valence-corrected chi connectivity index (χ0v) is 11.0. The van der Waals surface area contributed by atoms with E-state index in [0.717, 1.165) is 16.8 Å². The van der Waals surface area contributed by atoms with Crippen molar-refractivity contribution in [1.82, 2.24) is 0 Å². The van der Waals surface area contributed by atoms with Crippen molar-refractivity contribution in [2.24, 2.45) is 0 Å². The number of para-hydroxylation sites is 1. The molecule has 1 amide bonds. The van der Waals surface area contributed by atoms with Crippen LogP contribution in [0.1, 0.15) is 25.0 Å². The predicted octanol–water partition coefficient (Wildman–Crippen LogP) is 2.66. The standard InChI is InChI=1S/C14H17NO3/c1-8-6-5-7-9(2)12(8)15-13(16)10(3)11(4)14(17)18/h5-7H,1-4H3,(H,15,16)(H,17,18). The molecule has 0 saturated carbocycles. The molecule has 0 bridgehead atoms. The zero-order valence-electron chi connectivity index (χ0n) is 11.0. The van der Waals surface area contributed by atoms with E-state index in [1.54, 1.807) is 0 Å². The summed E-state index contributed by atoms with van der Waals surface area (Å²) in [7, 11) is 0. The van der Waals surface area contributed by atoms with Crippen LogP contribution < -0.4 is 5.32 Å². The first-order valence-corrected chi connectivity index (χ1v) is 5.63. The van der Waals surface area contributed by atoms with Crippen LogP contribution in [-0.4, -0.2) is 17.0 Å². The zero-order chi connectivity index (χ0) is 13.9. The van der Waals surface area contributed by atoms with Crippen LogP contribution in [0.2, 0.25) is 0 Å². The summed E-state index contributed by atoms with van der Waals surface area (Å²) in [6.45, 7) is 6.71. The maximum atomic E-state index is 11.9. The molecule has 0 radical (unpaired) electrons. The average molecular weight is 247 g/mol. The topological polar surface area (TPSA) is 66.4 Å². The number of aliphatic carboxylic acids is 1. The number of aryl methyl sites for hydroxylation is 2. The summed E-state index contributed by atoms with van der Waals surface area (Å²) in [6.07, 6.45) is 0. The van der Waals surface area contributed by atoms with Gasteiger partial charge in [-0.05, 0) is 38.8 Å². The van der Waals surface area contributed by atoms with E-state index in [4.69, 9.17) is 5.11 Å². The third-order valence-electron chi connectivity index (χ3n) is 2.94. The second-order valence-electron chi connectivity index (χ2n) is 4.28. The van der Waals surface area contributed by atoms with Crippen LogP contribution in [0, 0.1) is 13.8 Å². The first-order chi connectivity index (χ1) is 8.34. The van der Waals surface area contributed by atoms with Crippen LogP contribution in [0.3, 0.4) is 0 Å². The van der Waals surface area contributed by atoms with E-state index in [-0.39, 0.29) is 17.1 Å². The lowest BCUT2D eigenvalue weighted by molar-refractivity contribution is -0.133. The lowest BCUT2D eigenvalue weighted by atomic mass is 10.1. The summed E-state index contributed by atoms with van der Waals surface area (Å²) >= 11 is 0. The number of carboxylic acids is 1. The van der Waals surface area contributed by atoms with Gasteiger partial charge in [0, 0.05) is 16.8 Å². The van der Waals surface area contributed by atoms with Gasteiger partial charge >= 0.3 is 5.97 Å². The van der Waals surface area contributed by atoms with E-state index in [2.05, 4.69) is 5.32 Å². The lowest BCUT2D eigenvalue weighted by Gasteiger charge is -2.12. The van der Waals surface area contributed by atoms with Gasteiger partial charge in [-0.2, -0.15) is 0 Å². The SMILES string of the molecule is CC(C(=O)O)=C(C)C(=O)Nc1c(C)cccc1C. The Morgan fingerprint density at radius 2 is 1.56 bits per heavy atom. The monoisotopic (exact) mass is 247 g/mol. The van der Waals surface area contributed by atoms with Crippen molar-refractivity contribution in [3.05, 3.63) is 40.5 Å². The number of carboxylic acid groups (broad SMARTS) is 1. The summed E-state index contributed by atoms with van der Waals surface area (Å²) < 4.78 is 0. The van der Waals surface area contributed by atoms with Gasteiger partial charge in [0.05, 0.1) is 0 Å². The highest BCUT2D eigenvalue weighted by atomic mass is 16.4. The fraction of sp³-hybridized carbons (Fsp3) is 0.286. The van der Waals surface area contributed by atoms with Crippen molar-refractivity contribution in [2.75, 3.05) is 5.32 Å². The number of benzene rings is 1. The normalized spacial score (nSPS) is 11.8. The Balaban J connectivity index is 3.03. The molecule has 0 aromatic heterocycles. The maximum Gasteiger partial charge on any atom is 0.331 e. The highest BCUT2D eigenvalue weighted by molar-refractivity contribution is 6.08. The van der Waals surface area contributed by atoms with Crippen molar-refractivity contribution in [3.63, 3.8) is 0 Å². The summed E-state index contributed by atoms with van der Waals surface area (Å²) in [5, 5.41) is 11.6. The van der Waals surface area contributed by atoms with Gasteiger partial charge < -0.3 is 10.4 Å². The molecule has 0 aliphatic rings. The number of amides is 1. The summed E-state index contributed by atoms with van der Waals surface area (Å²) in [4.78, 5) is 22.7. The second-order valence-corrected chi connectivity index (χ2v) is 4.28. The van der Waals surface area contributed by atoms with E-state index < -0.39 is 5.97 Å². The molecule has 0 heterocycles. The number of carbonyl (C=O) groups excluding carboxylic acids is 1. The fourth-order valence-corrected chi connectivity index (χ4v) is 1.55. The Labute approximate surface area is 106 Å². The number of anilines is 1. The maximum absolute atomic E-state index is 11.9. The van der Waals surface area contributed by atoms with Gasteiger partial charge in [-0.15, -0.1) is 0 Å². The van der Waals surface area contributed by atoms with Crippen molar-refractivity contribution >= 4 is 17.6 Å². The van der Waals surface area contributed by atoms with Gasteiger partial charge in [0.15, 0.2) is 0 Å². The van der Waals surface area contributed by atoms with Crippen LogP contribution in [0.15, 0.2) is 29.3 Å². The van der Waals surface area contributed by atoms with Gasteiger partial charge in [0.25, 0.3) is 5.91 Å². The van der Waals surface area contributed by atoms with Gasteiger partial charge in [-0.25, -0.2) is 4.79 Å². The number of hydrogen-bond donors (Lipinski definition) is 2. The lowest BCUT2D eigenvalue weighted by Crippen LogP contribution is -2.17. The summed E-state index contributed by atoms with van der Waals surface area (Å²) in [6, 6.07) is 5.70. The van der Waals surface area contributed by atoms with Crippen LogP contribution in [0.5, 0.6) is 0 Å². The van der Waals surface area contributed by atoms with Gasteiger partial charge in [0.1, 0.15) is 0 Å².